The Morgan fingerprint density at radius 3 is 0.535 bits per heavy atom. The van der Waals surface area contributed by atoms with Gasteiger partial charge < -0.3 is 9.31 Å². The topological polar surface area (TPSA) is 18.5 Å². The van der Waals surface area contributed by atoms with Crippen LogP contribution in [0.25, 0.3) is 64.6 Å². The van der Waals surface area contributed by atoms with Gasteiger partial charge in [-0.15, -0.1) is 0 Å². The largest absolute Gasteiger partial charge is 2.00 e. The van der Waals surface area contributed by atoms with Crippen molar-refractivity contribution in [1.29, 1.82) is 0 Å². The van der Waals surface area contributed by atoms with Crippen molar-refractivity contribution in [3.05, 3.63) is 255 Å². The SMILES string of the molecule is CC(C)O[B-](c1ccc2ccccc2c1)(c1ccc2ccccc2c1)c1ccc2ccccc2c1.CC(C)O[B-](c1ccc2ccccc2c1)(c1ccc2ccccc2c1)c1ccc2ccccc2c1.[Mg+2]. The summed E-state index contributed by atoms with van der Waals surface area (Å²) in [6, 6.07) is 92.2. The molecular formula is C66H56B2MgO2. The summed E-state index contributed by atoms with van der Waals surface area (Å²) >= 11 is 0. The van der Waals surface area contributed by atoms with Gasteiger partial charge in [-0.2, -0.15) is 32.8 Å². The van der Waals surface area contributed by atoms with E-state index in [1.807, 2.05) is 0 Å². The zero-order valence-corrected chi connectivity index (χ0v) is 42.5. The minimum Gasteiger partial charge on any atom is -0.577 e. The first-order chi connectivity index (χ1) is 34.3. The van der Waals surface area contributed by atoms with E-state index < -0.39 is 12.7 Å². The first-order valence-electron chi connectivity index (χ1n) is 24.9. The molecule has 0 aliphatic rings. The molecule has 0 N–H and O–H groups in total. The van der Waals surface area contributed by atoms with E-state index in [-0.39, 0.29) is 35.3 Å². The Bertz CT molecular complexity index is 3210. The van der Waals surface area contributed by atoms with Crippen molar-refractivity contribution in [2.45, 2.75) is 39.9 Å². The zero-order valence-electron chi connectivity index (χ0n) is 41.1. The van der Waals surface area contributed by atoms with Gasteiger partial charge in [0.1, 0.15) is 0 Å². The van der Waals surface area contributed by atoms with Crippen molar-refractivity contribution in [3.63, 3.8) is 0 Å². The van der Waals surface area contributed by atoms with E-state index >= 15 is 0 Å². The van der Waals surface area contributed by atoms with Crippen LogP contribution in [0.2, 0.25) is 0 Å². The third-order valence-electron chi connectivity index (χ3n) is 14.4. The van der Waals surface area contributed by atoms with Gasteiger partial charge in [0, 0.05) is 12.2 Å². The second-order valence-electron chi connectivity index (χ2n) is 19.6. The summed E-state index contributed by atoms with van der Waals surface area (Å²) in [4.78, 5) is 0. The molecule has 0 saturated heterocycles. The van der Waals surface area contributed by atoms with E-state index in [0.717, 1.165) is 0 Å². The average Bonchev–Trinajstić information content (AvgIpc) is 3.41. The molecule has 340 valence electrons. The maximum Gasteiger partial charge on any atom is 2.00 e. The summed E-state index contributed by atoms with van der Waals surface area (Å²) < 4.78 is 14.2. The van der Waals surface area contributed by atoms with E-state index in [0.29, 0.717) is 0 Å². The van der Waals surface area contributed by atoms with Crippen LogP contribution in [0.5, 0.6) is 0 Å². The van der Waals surface area contributed by atoms with E-state index in [1.165, 1.54) is 97.4 Å². The summed E-state index contributed by atoms with van der Waals surface area (Å²) in [6.45, 7) is 8.55. The van der Waals surface area contributed by atoms with Crippen molar-refractivity contribution in [1.82, 2.24) is 0 Å². The summed E-state index contributed by atoms with van der Waals surface area (Å²) in [5.74, 6) is 0. The minimum atomic E-state index is -1.69. The zero-order chi connectivity index (χ0) is 47.7. The van der Waals surface area contributed by atoms with Gasteiger partial charge in [-0.05, 0) is 92.3 Å². The Labute approximate surface area is 434 Å². The molecule has 0 saturated carbocycles. The van der Waals surface area contributed by atoms with Crippen LogP contribution in [-0.2, 0) is 9.31 Å². The number of hydrogen-bond acceptors (Lipinski definition) is 2. The molecule has 0 aliphatic carbocycles. The fraction of sp³-hybridized carbons (Fsp3) is 0.0909. The van der Waals surface area contributed by atoms with Gasteiger partial charge >= 0.3 is 23.1 Å². The monoisotopic (exact) mass is 926 g/mol. The van der Waals surface area contributed by atoms with Crippen LogP contribution in [0, 0.1) is 0 Å². The normalized spacial score (nSPS) is 11.9. The van der Waals surface area contributed by atoms with E-state index in [4.69, 9.17) is 9.31 Å². The maximum atomic E-state index is 7.11. The Morgan fingerprint density at radius 2 is 0.380 bits per heavy atom. The fourth-order valence-corrected chi connectivity index (χ4v) is 11.2. The summed E-state index contributed by atoms with van der Waals surface area (Å²) in [5.41, 5.74) is 7.18. The second-order valence-corrected chi connectivity index (χ2v) is 19.6. The first-order valence-corrected chi connectivity index (χ1v) is 24.9. The van der Waals surface area contributed by atoms with Crippen molar-refractivity contribution >= 4 is 133 Å². The Hall–Kier alpha value is -6.98. The maximum absolute atomic E-state index is 7.11. The van der Waals surface area contributed by atoms with Crippen molar-refractivity contribution in [2.75, 3.05) is 0 Å². The van der Waals surface area contributed by atoms with Crippen molar-refractivity contribution in [2.24, 2.45) is 0 Å². The molecule has 0 fully saturated rings. The first kappa shape index (κ1) is 47.7. The third kappa shape index (κ3) is 9.28. The molecule has 0 heterocycles. The van der Waals surface area contributed by atoms with Crippen LogP contribution in [0.3, 0.4) is 0 Å². The molecule has 0 amide bonds. The predicted octanol–water partition coefficient (Wildman–Crippen LogP) is 12.7. The van der Waals surface area contributed by atoms with Crippen LogP contribution in [0.4, 0.5) is 0 Å². The summed E-state index contributed by atoms with van der Waals surface area (Å²) in [6.07, 6.45) is -3.31. The van der Waals surface area contributed by atoms with Gasteiger partial charge in [0.15, 0.2) is 12.7 Å². The molecular weight excluding hydrogens is 871 g/mol. The molecule has 0 radical (unpaired) electrons. The van der Waals surface area contributed by atoms with E-state index in [9.17, 15) is 0 Å². The summed E-state index contributed by atoms with van der Waals surface area (Å²) in [5, 5.41) is 14.8. The Morgan fingerprint density at radius 1 is 0.225 bits per heavy atom. The van der Waals surface area contributed by atoms with E-state index in [2.05, 4.69) is 282 Å². The van der Waals surface area contributed by atoms with Crippen LogP contribution in [0.15, 0.2) is 255 Å². The van der Waals surface area contributed by atoms with Gasteiger partial charge in [-0.1, -0.05) is 255 Å². The Balaban J connectivity index is 0.000000162. The molecule has 0 atom stereocenters. The molecule has 0 aliphatic heterocycles. The average molecular weight is 927 g/mol. The summed E-state index contributed by atoms with van der Waals surface area (Å²) in [7, 11) is 0. The van der Waals surface area contributed by atoms with Gasteiger partial charge in [-0.25, -0.2) is 0 Å². The second kappa shape index (κ2) is 20.4. The van der Waals surface area contributed by atoms with Crippen molar-refractivity contribution < 1.29 is 9.31 Å². The molecule has 12 rings (SSSR count). The van der Waals surface area contributed by atoms with Crippen molar-refractivity contribution in [3.8, 4) is 0 Å². The van der Waals surface area contributed by atoms with E-state index in [1.54, 1.807) is 0 Å². The van der Waals surface area contributed by atoms with Gasteiger partial charge in [0.05, 0.1) is 0 Å². The molecule has 0 aromatic heterocycles. The van der Waals surface area contributed by atoms with Gasteiger partial charge in [0.25, 0.3) is 0 Å². The fourth-order valence-electron chi connectivity index (χ4n) is 11.2. The van der Waals surface area contributed by atoms with Crippen LogP contribution < -0.4 is 32.8 Å². The molecule has 5 heteroatoms. The Kier molecular flexibility index (Phi) is 13.7. The number of rotatable bonds is 10. The standard InChI is InChI=1S/2C33H28BO.Mg/c2*1-24(2)35-34(31-18-15-25-9-3-6-12-28(25)21-31,32-19-16-26-10-4-7-13-29(26)22-32)33-20-17-27-11-5-8-14-30(27)23-33;/h2*3-24H,1-2H3;/q2*-1;+2. The number of fused-ring (bicyclic) bond motifs is 6. The molecule has 0 spiro atoms. The molecule has 71 heavy (non-hydrogen) atoms. The molecule has 0 unspecified atom stereocenters. The minimum absolute atomic E-state index is 0. The molecule has 12 aromatic carbocycles. The van der Waals surface area contributed by atoms with Gasteiger partial charge in [0.2, 0.25) is 0 Å². The van der Waals surface area contributed by atoms with Crippen LogP contribution >= 0.6 is 0 Å². The molecule has 0 bridgehead atoms. The molecule has 12 aromatic rings. The molecule has 2 nitrogen and oxygen atoms in total. The third-order valence-corrected chi connectivity index (χ3v) is 14.4. The van der Waals surface area contributed by atoms with Crippen LogP contribution in [-0.4, -0.2) is 48.0 Å². The predicted molar refractivity (Wildman–Crippen MR) is 311 cm³/mol. The smallest absolute Gasteiger partial charge is 0.577 e. The van der Waals surface area contributed by atoms with Gasteiger partial charge in [-0.3, -0.25) is 0 Å². The number of hydrogen-bond donors (Lipinski definition) is 0. The van der Waals surface area contributed by atoms with Crippen LogP contribution in [0.1, 0.15) is 27.7 Å². The number of benzene rings is 12. The quantitative estimate of drug-likeness (QED) is 0.127.